The van der Waals surface area contributed by atoms with Crippen molar-refractivity contribution in [1.82, 2.24) is 10.2 Å². The fourth-order valence-corrected chi connectivity index (χ4v) is 3.96. The molecule has 6 nitrogen and oxygen atoms in total. The Morgan fingerprint density at radius 2 is 1.72 bits per heavy atom. The number of aromatic hydroxyl groups is 1. The van der Waals surface area contributed by atoms with Crippen LogP contribution in [0.5, 0.6) is 5.75 Å². The highest BCUT2D eigenvalue weighted by molar-refractivity contribution is 6.37. The van der Waals surface area contributed by atoms with E-state index in [9.17, 15) is 14.7 Å². The van der Waals surface area contributed by atoms with Gasteiger partial charge >= 0.3 is 0 Å². The Balaban J connectivity index is 1.40. The minimum atomic E-state index is -0.457. The summed E-state index contributed by atoms with van der Waals surface area (Å²) in [7, 11) is 0. The minimum Gasteiger partial charge on any atom is -0.508 e. The van der Waals surface area contributed by atoms with Crippen LogP contribution in [0.1, 0.15) is 12.5 Å². The molecule has 2 aromatic carbocycles. The van der Waals surface area contributed by atoms with E-state index in [1.165, 1.54) is 0 Å². The van der Waals surface area contributed by atoms with Crippen LogP contribution in [0.15, 0.2) is 60.7 Å². The van der Waals surface area contributed by atoms with Gasteiger partial charge in [0.25, 0.3) is 5.91 Å². The first-order chi connectivity index (χ1) is 14.0. The second-order valence-corrected chi connectivity index (χ2v) is 7.57. The average Bonchev–Trinajstić information content (AvgIpc) is 3.15. The first-order valence-electron chi connectivity index (χ1n) is 9.94. The van der Waals surface area contributed by atoms with Crippen molar-refractivity contribution in [3.8, 4) is 5.75 Å². The summed E-state index contributed by atoms with van der Waals surface area (Å²) in [6.07, 6.45) is 1.88. The first kappa shape index (κ1) is 19.1. The fraction of sp³-hybridized carbons (Fsp3) is 0.304. The molecule has 2 atom stereocenters. The number of amides is 1. The molecule has 0 radical (unpaired) electrons. The van der Waals surface area contributed by atoms with E-state index >= 15 is 0 Å². The molecule has 2 N–H and O–H groups in total. The molecule has 2 aliphatic rings. The lowest BCUT2D eigenvalue weighted by Gasteiger charge is -2.36. The third-order valence-corrected chi connectivity index (χ3v) is 5.63. The van der Waals surface area contributed by atoms with Gasteiger partial charge in [-0.05, 0) is 30.7 Å². The van der Waals surface area contributed by atoms with Crippen molar-refractivity contribution < 1.29 is 14.7 Å². The van der Waals surface area contributed by atoms with Crippen molar-refractivity contribution >= 4 is 23.1 Å². The number of ketones is 1. The molecule has 4 rings (SSSR count). The summed E-state index contributed by atoms with van der Waals surface area (Å²) in [6.45, 7) is 4.17. The van der Waals surface area contributed by atoms with Crippen LogP contribution in [0.2, 0.25) is 0 Å². The number of anilines is 1. The van der Waals surface area contributed by atoms with Crippen molar-refractivity contribution in [2.24, 2.45) is 5.92 Å². The molecule has 2 aromatic rings. The third kappa shape index (κ3) is 3.97. The number of nitrogens with zero attached hydrogens (tertiary/aromatic N) is 2. The molecule has 1 amide bonds. The molecule has 29 heavy (non-hydrogen) atoms. The van der Waals surface area contributed by atoms with Crippen LogP contribution in [0.4, 0.5) is 5.69 Å². The van der Waals surface area contributed by atoms with Gasteiger partial charge in [0.1, 0.15) is 5.75 Å². The summed E-state index contributed by atoms with van der Waals surface area (Å²) in [5.41, 5.74) is 2.84. The number of carbonyl (C=O) groups is 2. The highest BCUT2D eigenvalue weighted by Gasteiger charge is 2.36. The molecule has 2 unspecified atom stereocenters. The molecular weight excluding hydrogens is 366 g/mol. The van der Waals surface area contributed by atoms with Gasteiger partial charge in [0.05, 0.1) is 5.92 Å². The van der Waals surface area contributed by atoms with Crippen LogP contribution < -0.4 is 10.2 Å². The highest BCUT2D eigenvalue weighted by Crippen LogP contribution is 2.26. The topological polar surface area (TPSA) is 72.9 Å². The third-order valence-electron chi connectivity index (χ3n) is 5.63. The Labute approximate surface area is 170 Å². The van der Waals surface area contributed by atoms with Gasteiger partial charge in [0, 0.05) is 49.7 Å². The fourth-order valence-electron chi connectivity index (χ4n) is 3.96. The molecule has 0 spiro atoms. The second-order valence-electron chi connectivity index (χ2n) is 7.57. The Morgan fingerprint density at radius 1 is 1.00 bits per heavy atom. The van der Waals surface area contributed by atoms with Gasteiger partial charge in [0.2, 0.25) is 5.78 Å². The molecule has 6 heteroatoms. The van der Waals surface area contributed by atoms with Gasteiger partial charge in [-0.2, -0.15) is 0 Å². The average molecular weight is 391 g/mol. The SMILES string of the molecule is CC1NC(c2ccccc2)=CC1C(=O)C(=O)N1CCN(c2cccc(O)c2)CC1. The lowest BCUT2D eigenvalue weighted by molar-refractivity contribution is -0.146. The summed E-state index contributed by atoms with van der Waals surface area (Å²) >= 11 is 0. The van der Waals surface area contributed by atoms with Crippen molar-refractivity contribution in [1.29, 1.82) is 0 Å². The Hall–Kier alpha value is -3.28. The van der Waals surface area contributed by atoms with E-state index in [4.69, 9.17) is 0 Å². The number of piperazine rings is 1. The minimum absolute atomic E-state index is 0.116. The van der Waals surface area contributed by atoms with Crippen LogP contribution in [-0.4, -0.2) is 53.9 Å². The number of hydrogen-bond acceptors (Lipinski definition) is 5. The molecule has 0 aliphatic carbocycles. The zero-order valence-electron chi connectivity index (χ0n) is 16.4. The largest absolute Gasteiger partial charge is 0.508 e. The number of Topliss-reactive ketones (excluding diaryl/α,β-unsaturated/α-hetero) is 1. The van der Waals surface area contributed by atoms with E-state index in [1.54, 1.807) is 23.1 Å². The van der Waals surface area contributed by atoms with Gasteiger partial charge in [-0.25, -0.2) is 0 Å². The summed E-state index contributed by atoms with van der Waals surface area (Å²) in [5.74, 6) is -1.01. The standard InChI is InChI=1S/C23H25N3O3/c1-16-20(15-21(24-16)17-6-3-2-4-7-17)22(28)23(29)26-12-10-25(11-13-26)18-8-5-9-19(27)14-18/h2-9,14-16,20,24,27H,10-13H2,1H3. The zero-order valence-corrected chi connectivity index (χ0v) is 16.4. The predicted molar refractivity (Wildman–Crippen MR) is 112 cm³/mol. The monoisotopic (exact) mass is 391 g/mol. The summed E-state index contributed by atoms with van der Waals surface area (Å²) in [5, 5.41) is 13.0. The van der Waals surface area contributed by atoms with Crippen LogP contribution in [0.25, 0.3) is 5.70 Å². The van der Waals surface area contributed by atoms with Crippen LogP contribution >= 0.6 is 0 Å². The molecular formula is C23H25N3O3. The van der Waals surface area contributed by atoms with Gasteiger partial charge < -0.3 is 20.2 Å². The van der Waals surface area contributed by atoms with Crippen LogP contribution in [-0.2, 0) is 9.59 Å². The van der Waals surface area contributed by atoms with Gasteiger partial charge in [0.15, 0.2) is 0 Å². The van der Waals surface area contributed by atoms with Crippen LogP contribution in [0.3, 0.4) is 0 Å². The maximum absolute atomic E-state index is 12.9. The predicted octanol–water partition coefficient (Wildman–Crippen LogP) is 2.26. The number of nitrogens with one attached hydrogen (secondary N) is 1. The number of hydrogen-bond donors (Lipinski definition) is 2. The zero-order chi connectivity index (χ0) is 20.4. The maximum atomic E-state index is 12.9. The second kappa shape index (κ2) is 7.99. The quantitative estimate of drug-likeness (QED) is 0.783. The molecule has 2 heterocycles. The summed E-state index contributed by atoms with van der Waals surface area (Å²) in [6, 6.07) is 16.8. The van der Waals surface area contributed by atoms with E-state index in [0.29, 0.717) is 26.2 Å². The molecule has 1 fully saturated rings. The normalized spacial score (nSPS) is 21.5. The van der Waals surface area contributed by atoms with Crippen LogP contribution in [0, 0.1) is 5.92 Å². The number of phenolic OH excluding ortho intramolecular Hbond substituents is 1. The molecule has 0 saturated carbocycles. The van der Waals surface area contributed by atoms with Crippen molar-refractivity contribution in [2.45, 2.75) is 13.0 Å². The molecule has 0 bridgehead atoms. The number of carbonyl (C=O) groups excluding carboxylic acids is 2. The van der Waals surface area contributed by atoms with E-state index in [1.807, 2.05) is 49.4 Å². The highest BCUT2D eigenvalue weighted by atomic mass is 16.3. The van der Waals surface area contributed by atoms with Crippen molar-refractivity contribution in [3.05, 3.63) is 66.2 Å². The number of rotatable bonds is 4. The van der Waals surface area contributed by atoms with Gasteiger partial charge in [-0.3, -0.25) is 9.59 Å². The number of phenols is 1. The van der Waals surface area contributed by atoms with Gasteiger partial charge in [-0.15, -0.1) is 0 Å². The van der Waals surface area contributed by atoms with E-state index in [2.05, 4.69) is 10.2 Å². The molecule has 0 aromatic heterocycles. The first-order valence-corrected chi connectivity index (χ1v) is 9.94. The maximum Gasteiger partial charge on any atom is 0.290 e. The summed E-state index contributed by atoms with van der Waals surface area (Å²) in [4.78, 5) is 29.5. The van der Waals surface area contributed by atoms with Crippen molar-refractivity contribution in [3.63, 3.8) is 0 Å². The Kier molecular flexibility index (Phi) is 5.25. The Bertz CT molecular complexity index is 933. The number of benzene rings is 2. The lowest BCUT2D eigenvalue weighted by Crippen LogP contribution is -2.52. The molecule has 150 valence electrons. The van der Waals surface area contributed by atoms with E-state index < -0.39 is 11.8 Å². The smallest absolute Gasteiger partial charge is 0.290 e. The Morgan fingerprint density at radius 3 is 2.41 bits per heavy atom. The lowest BCUT2D eigenvalue weighted by atomic mass is 9.97. The summed E-state index contributed by atoms with van der Waals surface area (Å²) < 4.78 is 0. The molecule has 2 aliphatic heterocycles. The van der Waals surface area contributed by atoms with Gasteiger partial charge in [-0.1, -0.05) is 36.4 Å². The van der Waals surface area contributed by atoms with E-state index in [-0.39, 0.29) is 17.6 Å². The molecule has 1 saturated heterocycles. The van der Waals surface area contributed by atoms with E-state index in [0.717, 1.165) is 16.9 Å². The van der Waals surface area contributed by atoms with Crippen molar-refractivity contribution in [2.75, 3.05) is 31.1 Å².